The van der Waals surface area contributed by atoms with Crippen molar-refractivity contribution in [1.29, 1.82) is 0 Å². The average molecular weight is 658 g/mol. The van der Waals surface area contributed by atoms with Gasteiger partial charge in [-0.25, -0.2) is 0 Å². The first-order valence-electron chi connectivity index (χ1n) is 13.1. The fourth-order valence-corrected chi connectivity index (χ4v) is 4.56. The Balaban J connectivity index is 0.00000361. The maximum absolute atomic E-state index is 12.5. The van der Waals surface area contributed by atoms with Gasteiger partial charge in [0, 0.05) is 13.0 Å². The minimum atomic E-state index is -0.157. The smallest absolute Gasteiger partial charge is 0.261 e. The third-order valence-corrected chi connectivity index (χ3v) is 6.82. The highest BCUT2D eigenvalue weighted by Crippen LogP contribution is 2.22. The molecule has 3 rings (SSSR count). The third-order valence-electron chi connectivity index (χ3n) is 6.82. The van der Waals surface area contributed by atoms with Crippen LogP contribution in [0, 0.1) is 11.8 Å². The van der Waals surface area contributed by atoms with E-state index in [0.717, 1.165) is 48.0 Å². The van der Waals surface area contributed by atoms with Gasteiger partial charge in [0.2, 0.25) is 5.90 Å². The molecule has 1 aromatic carbocycles. The van der Waals surface area contributed by atoms with Crippen molar-refractivity contribution >= 4 is 17.7 Å². The van der Waals surface area contributed by atoms with E-state index in [-0.39, 0.29) is 45.8 Å². The lowest BCUT2D eigenvalue weighted by Crippen LogP contribution is -3.00. The van der Waals surface area contributed by atoms with Crippen molar-refractivity contribution in [2.45, 2.75) is 38.5 Å². The lowest BCUT2D eigenvalue weighted by molar-refractivity contribution is -0.890. The molecule has 212 valence electrons. The van der Waals surface area contributed by atoms with E-state index in [1.807, 2.05) is 12.1 Å². The van der Waals surface area contributed by atoms with Crippen LogP contribution in [0.3, 0.4) is 0 Å². The first-order valence-corrected chi connectivity index (χ1v) is 13.1. The predicted molar refractivity (Wildman–Crippen MR) is 140 cm³/mol. The Hall–Kier alpha value is -1.93. The third kappa shape index (κ3) is 10.7. The second kappa shape index (κ2) is 16.2. The van der Waals surface area contributed by atoms with Gasteiger partial charge < -0.3 is 52.5 Å². The van der Waals surface area contributed by atoms with Crippen LogP contribution in [0.15, 0.2) is 29.4 Å². The molecule has 1 aromatic rings. The molecule has 8 nitrogen and oxygen atoms in total. The molecule has 0 radical (unpaired) electrons. The van der Waals surface area contributed by atoms with Crippen LogP contribution in [0.5, 0.6) is 0 Å². The number of unbranched alkanes of at least 4 members (excludes halogenated alkanes) is 3. The fraction of sp³-hybridized carbons (Fsp3) is 0.607. The van der Waals surface area contributed by atoms with Gasteiger partial charge in [-0.1, -0.05) is 23.2 Å². The van der Waals surface area contributed by atoms with Gasteiger partial charge in [-0.3, -0.25) is 14.5 Å². The van der Waals surface area contributed by atoms with Crippen molar-refractivity contribution in [2.75, 3.05) is 74.1 Å². The Bertz CT molecular complexity index is 983. The van der Waals surface area contributed by atoms with Crippen LogP contribution in [0.1, 0.15) is 59.2 Å². The predicted octanol–water partition coefficient (Wildman–Crippen LogP) is -2.85. The Morgan fingerprint density at radius 3 is 2.03 bits per heavy atom. The minimum absolute atomic E-state index is 0. The van der Waals surface area contributed by atoms with Crippen molar-refractivity contribution in [3.63, 3.8) is 0 Å². The maximum Gasteiger partial charge on any atom is 0.261 e. The Morgan fingerprint density at radius 2 is 1.45 bits per heavy atom. The summed E-state index contributed by atoms with van der Waals surface area (Å²) in [7, 11) is 8.91. The van der Waals surface area contributed by atoms with Crippen molar-refractivity contribution < 1.29 is 62.1 Å². The number of oxime groups is 1. The first-order chi connectivity index (χ1) is 17.2. The molecule has 2 aliphatic heterocycles. The van der Waals surface area contributed by atoms with Gasteiger partial charge in [-0.15, -0.1) is 0 Å². The van der Waals surface area contributed by atoms with Crippen molar-refractivity contribution in [3.05, 3.63) is 35.4 Å². The van der Waals surface area contributed by atoms with Gasteiger partial charge in [-0.05, 0) is 43.7 Å². The Kier molecular flexibility index (Phi) is 14.6. The minimum Gasteiger partial charge on any atom is -1.00 e. The SMILES string of the molecule is C[N+](C)(CC#CCOC1=NOCC1)CCCCCC[N+](C)(C)CCCN1C(=O)c2ccccc2C1=O.[Br-].[Br-]. The fourth-order valence-electron chi connectivity index (χ4n) is 4.56. The maximum atomic E-state index is 12.5. The number of carbonyl (C=O) groups is 2. The number of benzene rings is 1. The van der Waals surface area contributed by atoms with Crippen molar-refractivity contribution in [2.24, 2.45) is 5.16 Å². The normalized spacial score (nSPS) is 14.5. The molecule has 0 spiro atoms. The number of carbonyl (C=O) groups excluding carboxylic acids is 2. The summed E-state index contributed by atoms with van der Waals surface area (Å²) in [6, 6.07) is 7.09. The molecule has 0 bridgehead atoms. The molecule has 10 heteroatoms. The van der Waals surface area contributed by atoms with E-state index >= 15 is 0 Å². The van der Waals surface area contributed by atoms with Gasteiger partial charge in [0.1, 0.15) is 13.2 Å². The summed E-state index contributed by atoms with van der Waals surface area (Å²) in [6.45, 7) is 5.41. The number of quaternary nitrogens is 2. The van der Waals surface area contributed by atoms with Crippen LogP contribution in [-0.2, 0) is 9.57 Å². The largest absolute Gasteiger partial charge is 1.00 e. The lowest BCUT2D eigenvalue weighted by atomic mass is 10.1. The number of amides is 2. The van der Waals surface area contributed by atoms with Gasteiger partial charge in [0.25, 0.3) is 11.8 Å². The summed E-state index contributed by atoms with van der Waals surface area (Å²) in [5.74, 6) is 6.63. The zero-order valence-electron chi connectivity index (χ0n) is 23.2. The summed E-state index contributed by atoms with van der Waals surface area (Å²) in [4.78, 5) is 31.3. The second-order valence-corrected chi connectivity index (χ2v) is 11.0. The quantitative estimate of drug-likeness (QED) is 0.0992. The molecule has 0 aromatic heterocycles. The molecule has 0 saturated carbocycles. The Labute approximate surface area is 249 Å². The van der Waals surface area contributed by atoms with E-state index in [4.69, 9.17) is 9.57 Å². The number of rotatable bonds is 13. The van der Waals surface area contributed by atoms with E-state index in [2.05, 4.69) is 45.2 Å². The number of hydrogen-bond acceptors (Lipinski definition) is 5. The number of halogens is 2. The monoisotopic (exact) mass is 656 g/mol. The highest BCUT2D eigenvalue weighted by molar-refractivity contribution is 6.21. The zero-order chi connectivity index (χ0) is 26.0. The number of hydrogen-bond donors (Lipinski definition) is 0. The van der Waals surface area contributed by atoms with Crippen LogP contribution in [0.4, 0.5) is 0 Å². The number of imide groups is 1. The highest BCUT2D eigenvalue weighted by Gasteiger charge is 2.34. The summed E-state index contributed by atoms with van der Waals surface area (Å²) >= 11 is 0. The summed E-state index contributed by atoms with van der Waals surface area (Å²) in [6.07, 6.45) is 6.34. The summed E-state index contributed by atoms with van der Waals surface area (Å²) < 4.78 is 7.24. The molecule has 0 N–H and O–H groups in total. The first kappa shape index (κ1) is 34.1. The standard InChI is InChI=1S/C28H42N4O4.2BrH/c1-31(2,20-11-12-22-35-26-16-23-36-29-26)18-9-5-6-10-19-32(3,4)21-13-17-30-27(33)24-14-7-8-15-25(24)28(30)34;;/h7-8,14-15H,5-6,9-10,13,16-23H2,1-4H3;2*1H/q+2;;/p-2. The molecule has 2 aliphatic rings. The van der Waals surface area contributed by atoms with Gasteiger partial charge in [0.15, 0.2) is 6.61 Å². The average Bonchev–Trinajstić information content (AvgIpc) is 3.44. The van der Waals surface area contributed by atoms with E-state index < -0.39 is 0 Å². The molecule has 0 atom stereocenters. The van der Waals surface area contributed by atoms with Crippen LogP contribution in [0.25, 0.3) is 0 Å². The topological polar surface area (TPSA) is 68.2 Å². The molecule has 0 unspecified atom stereocenters. The molecule has 0 saturated heterocycles. The van der Waals surface area contributed by atoms with Crippen molar-refractivity contribution in [1.82, 2.24) is 4.90 Å². The van der Waals surface area contributed by atoms with Crippen molar-refractivity contribution in [3.8, 4) is 11.8 Å². The van der Waals surface area contributed by atoms with Gasteiger partial charge in [-0.2, -0.15) is 0 Å². The van der Waals surface area contributed by atoms with E-state index in [1.54, 1.807) is 12.1 Å². The Morgan fingerprint density at radius 1 is 0.868 bits per heavy atom. The van der Waals surface area contributed by atoms with Gasteiger partial charge in [0.05, 0.1) is 65.4 Å². The molecular formula is C28H42Br2N4O4. The molecule has 2 heterocycles. The second-order valence-electron chi connectivity index (χ2n) is 11.0. The molecule has 0 fully saturated rings. The zero-order valence-corrected chi connectivity index (χ0v) is 26.4. The van der Waals surface area contributed by atoms with E-state index in [9.17, 15) is 9.59 Å². The van der Waals surface area contributed by atoms with Crippen LogP contribution < -0.4 is 34.0 Å². The summed E-state index contributed by atoms with van der Waals surface area (Å²) in [5, 5.41) is 3.80. The van der Waals surface area contributed by atoms with Crippen LogP contribution in [-0.4, -0.2) is 106 Å². The van der Waals surface area contributed by atoms with Gasteiger partial charge >= 0.3 is 0 Å². The van der Waals surface area contributed by atoms with E-state index in [0.29, 0.717) is 36.8 Å². The van der Waals surface area contributed by atoms with Crippen LogP contribution in [0.2, 0.25) is 0 Å². The van der Waals surface area contributed by atoms with E-state index in [1.165, 1.54) is 30.6 Å². The molecule has 0 aliphatic carbocycles. The summed E-state index contributed by atoms with van der Waals surface area (Å²) in [5.41, 5.74) is 1.06. The van der Waals surface area contributed by atoms with Crippen LogP contribution >= 0.6 is 0 Å². The number of ether oxygens (including phenoxy) is 1. The lowest BCUT2D eigenvalue weighted by Gasteiger charge is -2.30. The number of fused-ring (bicyclic) bond motifs is 1. The highest BCUT2D eigenvalue weighted by atomic mass is 79.9. The molecule has 2 amide bonds. The number of nitrogens with zero attached hydrogens (tertiary/aromatic N) is 4. The molecule has 38 heavy (non-hydrogen) atoms. The molecular weight excluding hydrogens is 616 g/mol.